The lowest BCUT2D eigenvalue weighted by Crippen LogP contribution is -2.44. The lowest BCUT2D eigenvalue weighted by molar-refractivity contribution is -0.129. The molecule has 0 aliphatic carbocycles. The van der Waals surface area contributed by atoms with Gasteiger partial charge in [0.05, 0.1) is 16.2 Å². The van der Waals surface area contributed by atoms with Gasteiger partial charge < -0.3 is 15.5 Å². The number of nitrogens with zero attached hydrogens (tertiary/aromatic N) is 1. The molecule has 0 saturated carbocycles. The van der Waals surface area contributed by atoms with E-state index in [9.17, 15) is 29.0 Å². The average Bonchev–Trinajstić information content (AvgIpc) is 2.95. The Hall–Kier alpha value is -3.24. The first-order valence-corrected chi connectivity index (χ1v) is 9.79. The molecule has 30 heavy (non-hydrogen) atoms. The number of carboxylic acid groups (broad SMARTS) is 1. The number of aromatic carboxylic acids is 1. The molecule has 3 rings (SSSR count). The third-order valence-corrected chi connectivity index (χ3v) is 5.56. The van der Waals surface area contributed by atoms with Crippen molar-refractivity contribution < 1.29 is 29.0 Å². The molecular weight excluding hydrogens is 431 g/mol. The molecule has 1 atom stereocenters. The van der Waals surface area contributed by atoms with Crippen molar-refractivity contribution in [3.63, 3.8) is 0 Å². The number of anilines is 1. The van der Waals surface area contributed by atoms with Crippen LogP contribution in [-0.2, 0) is 9.59 Å². The van der Waals surface area contributed by atoms with Gasteiger partial charge in [-0.3, -0.25) is 14.5 Å². The molecule has 2 aromatic rings. The van der Waals surface area contributed by atoms with Gasteiger partial charge in [-0.15, -0.1) is 0 Å². The Morgan fingerprint density at radius 3 is 2.67 bits per heavy atom. The number of carbonyl (C=O) groups is 3. The van der Waals surface area contributed by atoms with Gasteiger partial charge in [0.15, 0.2) is 0 Å². The second-order valence-electron chi connectivity index (χ2n) is 6.31. The lowest BCUT2D eigenvalue weighted by Gasteiger charge is -2.22. The number of amides is 2. The Bertz CT molecular complexity index is 1100. The van der Waals surface area contributed by atoms with Gasteiger partial charge >= 0.3 is 5.97 Å². The fourth-order valence-electron chi connectivity index (χ4n) is 2.73. The number of halogens is 1. The number of carbonyl (C=O) groups excluding carboxylic acids is 2. The Morgan fingerprint density at radius 2 is 2.00 bits per heavy atom. The summed E-state index contributed by atoms with van der Waals surface area (Å²) in [4.78, 5) is 38.1. The van der Waals surface area contributed by atoms with Crippen molar-refractivity contribution in [3.8, 4) is 5.75 Å². The molecule has 1 unspecified atom stereocenters. The highest BCUT2D eigenvalue weighted by Crippen LogP contribution is 2.34. The number of nitrogens with one attached hydrogen (secondary N) is 1. The molecular formula is C20H15FN2O5S2. The van der Waals surface area contributed by atoms with Gasteiger partial charge in [0.25, 0.3) is 5.91 Å². The molecule has 3 N–H and O–H groups in total. The van der Waals surface area contributed by atoms with Crippen molar-refractivity contribution in [2.75, 3.05) is 5.32 Å². The SMILES string of the molecule is CC(C(=O)Nc1ccc(O)cc1C(=O)O)N1C(=O)C(=Cc2cccc(F)c2)SC1=S. The highest BCUT2D eigenvalue weighted by molar-refractivity contribution is 8.26. The molecule has 0 spiro atoms. The predicted octanol–water partition coefficient (Wildman–Crippen LogP) is 3.46. The first-order valence-electron chi connectivity index (χ1n) is 8.57. The third-order valence-electron chi connectivity index (χ3n) is 4.23. The van der Waals surface area contributed by atoms with Crippen LogP contribution in [0.2, 0.25) is 0 Å². The molecule has 2 amide bonds. The maximum absolute atomic E-state index is 13.4. The second kappa shape index (κ2) is 8.64. The minimum Gasteiger partial charge on any atom is -0.508 e. The van der Waals surface area contributed by atoms with Crippen molar-refractivity contribution in [2.24, 2.45) is 0 Å². The summed E-state index contributed by atoms with van der Waals surface area (Å²) in [7, 11) is 0. The van der Waals surface area contributed by atoms with Crippen LogP contribution >= 0.6 is 24.0 Å². The average molecular weight is 446 g/mol. The lowest BCUT2D eigenvalue weighted by atomic mass is 10.1. The Labute approximate surface area is 180 Å². The summed E-state index contributed by atoms with van der Waals surface area (Å²) in [5, 5.41) is 21.2. The largest absolute Gasteiger partial charge is 0.508 e. The predicted molar refractivity (Wildman–Crippen MR) is 115 cm³/mol. The molecule has 2 aromatic carbocycles. The standard InChI is InChI=1S/C20H15FN2O5S2/c1-10(17(25)22-15-6-5-13(24)9-14(15)19(27)28)23-18(26)16(30-20(23)29)8-11-3-2-4-12(21)7-11/h2-10,24H,1H3,(H,22,25)(H,27,28). The van der Waals surface area contributed by atoms with E-state index in [1.165, 1.54) is 43.3 Å². The monoisotopic (exact) mass is 446 g/mol. The van der Waals surface area contributed by atoms with Gasteiger partial charge in [-0.25, -0.2) is 9.18 Å². The zero-order chi connectivity index (χ0) is 22.0. The number of thiocarbonyl (C=S) groups is 1. The fraction of sp³-hybridized carbons (Fsp3) is 0.100. The van der Waals surface area contributed by atoms with E-state index in [4.69, 9.17) is 12.2 Å². The first-order chi connectivity index (χ1) is 14.2. The van der Waals surface area contributed by atoms with Gasteiger partial charge in [0, 0.05) is 0 Å². The van der Waals surface area contributed by atoms with E-state index in [-0.39, 0.29) is 26.2 Å². The van der Waals surface area contributed by atoms with Crippen molar-refractivity contribution in [3.05, 3.63) is 64.3 Å². The number of aromatic hydroxyl groups is 1. The number of benzene rings is 2. The van der Waals surface area contributed by atoms with E-state index < -0.39 is 29.6 Å². The molecule has 1 heterocycles. The summed E-state index contributed by atoms with van der Waals surface area (Å²) >= 11 is 6.21. The van der Waals surface area contributed by atoms with Crippen molar-refractivity contribution in [1.29, 1.82) is 0 Å². The van der Waals surface area contributed by atoms with Crippen LogP contribution in [0.1, 0.15) is 22.8 Å². The summed E-state index contributed by atoms with van der Waals surface area (Å²) in [6, 6.07) is 8.13. The van der Waals surface area contributed by atoms with Crippen LogP contribution in [0.15, 0.2) is 47.4 Å². The van der Waals surface area contributed by atoms with Crippen LogP contribution in [0.25, 0.3) is 6.08 Å². The quantitative estimate of drug-likeness (QED) is 0.367. The topological polar surface area (TPSA) is 107 Å². The third kappa shape index (κ3) is 4.50. The van der Waals surface area contributed by atoms with Crippen LogP contribution < -0.4 is 5.32 Å². The number of carboxylic acids is 1. The highest BCUT2D eigenvalue weighted by Gasteiger charge is 2.38. The Balaban J connectivity index is 1.80. The summed E-state index contributed by atoms with van der Waals surface area (Å²) in [6.45, 7) is 1.45. The van der Waals surface area contributed by atoms with E-state index in [0.29, 0.717) is 5.56 Å². The van der Waals surface area contributed by atoms with E-state index in [2.05, 4.69) is 5.32 Å². The number of thioether (sulfide) groups is 1. The van der Waals surface area contributed by atoms with Crippen LogP contribution in [0.5, 0.6) is 5.75 Å². The zero-order valence-electron chi connectivity index (χ0n) is 15.5. The summed E-state index contributed by atoms with van der Waals surface area (Å²) in [6.07, 6.45) is 1.48. The van der Waals surface area contributed by atoms with E-state index in [1.54, 1.807) is 6.07 Å². The molecule has 10 heteroatoms. The molecule has 0 bridgehead atoms. The van der Waals surface area contributed by atoms with Crippen LogP contribution in [0.3, 0.4) is 0 Å². The van der Waals surface area contributed by atoms with Gasteiger partial charge in [0.2, 0.25) is 5.91 Å². The molecule has 1 saturated heterocycles. The molecule has 0 radical (unpaired) electrons. The molecule has 0 aromatic heterocycles. The number of hydrogen-bond acceptors (Lipinski definition) is 6. The summed E-state index contributed by atoms with van der Waals surface area (Å²) < 4.78 is 13.5. The van der Waals surface area contributed by atoms with Crippen molar-refractivity contribution in [1.82, 2.24) is 4.90 Å². The second-order valence-corrected chi connectivity index (χ2v) is 7.98. The smallest absolute Gasteiger partial charge is 0.337 e. The Morgan fingerprint density at radius 1 is 1.27 bits per heavy atom. The van der Waals surface area contributed by atoms with Crippen molar-refractivity contribution in [2.45, 2.75) is 13.0 Å². The van der Waals surface area contributed by atoms with Gasteiger partial charge in [-0.1, -0.05) is 36.1 Å². The van der Waals surface area contributed by atoms with Crippen LogP contribution in [-0.4, -0.2) is 43.3 Å². The van der Waals surface area contributed by atoms with Crippen molar-refractivity contribution >= 4 is 57.8 Å². The number of phenolic OH excluding ortho intramolecular Hbond substituents is 1. The maximum Gasteiger partial charge on any atom is 0.337 e. The van der Waals surface area contributed by atoms with E-state index in [0.717, 1.165) is 22.7 Å². The molecule has 1 aliphatic heterocycles. The maximum atomic E-state index is 13.4. The minimum atomic E-state index is -1.34. The normalized spacial score (nSPS) is 16.1. The summed E-state index contributed by atoms with van der Waals surface area (Å²) in [5.41, 5.74) is 0.146. The summed E-state index contributed by atoms with van der Waals surface area (Å²) in [5.74, 6) is -3.22. The number of hydrogen-bond donors (Lipinski definition) is 3. The van der Waals surface area contributed by atoms with E-state index >= 15 is 0 Å². The van der Waals surface area contributed by atoms with Crippen LogP contribution in [0.4, 0.5) is 10.1 Å². The van der Waals surface area contributed by atoms with Gasteiger partial charge in [-0.2, -0.15) is 0 Å². The highest BCUT2D eigenvalue weighted by atomic mass is 32.2. The minimum absolute atomic E-state index is 0.0297. The molecule has 1 fully saturated rings. The van der Waals surface area contributed by atoms with Gasteiger partial charge in [-0.05, 0) is 48.9 Å². The fourth-order valence-corrected chi connectivity index (χ4v) is 4.15. The van der Waals surface area contributed by atoms with Gasteiger partial charge in [0.1, 0.15) is 21.9 Å². The Kier molecular flexibility index (Phi) is 6.18. The molecule has 1 aliphatic rings. The molecule has 154 valence electrons. The number of rotatable bonds is 5. The van der Waals surface area contributed by atoms with Crippen LogP contribution in [0, 0.1) is 5.82 Å². The zero-order valence-corrected chi connectivity index (χ0v) is 17.1. The van der Waals surface area contributed by atoms with E-state index in [1.807, 2.05) is 0 Å². The first kappa shape index (κ1) is 21.5. The molecule has 7 nitrogen and oxygen atoms in total. The number of phenols is 1.